The second kappa shape index (κ2) is 7.14. The van der Waals surface area contributed by atoms with Gasteiger partial charge in [0.2, 0.25) is 0 Å². The predicted octanol–water partition coefficient (Wildman–Crippen LogP) is 5.12. The Kier molecular flexibility index (Phi) is 5.59. The Morgan fingerprint density at radius 2 is 1.21 bits per heavy atom. The maximum Gasteiger partial charge on any atom is 0.313 e. The molecule has 0 amide bonds. The number of hydrogen-bond acceptors (Lipinski definition) is 2. The number of aliphatic carboxylic acids is 1. The Labute approximate surface area is 151 Å². The van der Waals surface area contributed by atoms with Crippen molar-refractivity contribution in [3.05, 3.63) is 69.7 Å². The number of benzene rings is 2. The number of carboxylic acid groups (broad SMARTS) is 1. The number of aliphatic hydroxyl groups is 1. The van der Waals surface area contributed by atoms with Crippen molar-refractivity contribution < 1.29 is 15.0 Å². The molecule has 2 aromatic carbocycles. The minimum atomic E-state index is -1.71. The molecule has 0 aliphatic rings. The Morgan fingerprint density at radius 1 is 0.875 bits per heavy atom. The van der Waals surface area contributed by atoms with Crippen LogP contribution in [0, 0.1) is 5.41 Å². The molecule has 2 N–H and O–H groups in total. The molecule has 0 atom stereocenters. The molecule has 0 aromatic heterocycles. The van der Waals surface area contributed by atoms with E-state index in [4.69, 9.17) is 23.2 Å². The average Bonchev–Trinajstić information content (AvgIpc) is 2.57. The summed E-state index contributed by atoms with van der Waals surface area (Å²) in [6, 6.07) is 13.3. The van der Waals surface area contributed by atoms with E-state index in [-0.39, 0.29) is 12.8 Å². The SMILES string of the molecule is CCC(CC)(C(=O)O)C(O)(c1ccc(Cl)cc1)c1ccc(Cl)cc1. The lowest BCUT2D eigenvalue weighted by Gasteiger charge is -2.44. The Morgan fingerprint density at radius 3 is 1.46 bits per heavy atom. The summed E-state index contributed by atoms with van der Waals surface area (Å²) in [6.45, 7) is 3.54. The van der Waals surface area contributed by atoms with E-state index in [0.29, 0.717) is 21.2 Å². The summed E-state index contributed by atoms with van der Waals surface area (Å²) in [6.07, 6.45) is 0.529. The van der Waals surface area contributed by atoms with Crippen LogP contribution in [0.3, 0.4) is 0 Å². The molecule has 0 bridgehead atoms. The van der Waals surface area contributed by atoms with Gasteiger partial charge in [-0.3, -0.25) is 4.79 Å². The maximum absolute atomic E-state index is 12.2. The third-order valence-electron chi connectivity index (χ3n) is 4.83. The number of rotatable bonds is 6. The van der Waals surface area contributed by atoms with E-state index < -0.39 is 17.0 Å². The number of carbonyl (C=O) groups is 1. The van der Waals surface area contributed by atoms with E-state index in [2.05, 4.69) is 0 Å². The first kappa shape index (κ1) is 18.8. The summed E-state index contributed by atoms with van der Waals surface area (Å²) in [7, 11) is 0. The van der Waals surface area contributed by atoms with Gasteiger partial charge in [-0.25, -0.2) is 0 Å². The molecule has 24 heavy (non-hydrogen) atoms. The Hall–Kier alpha value is -1.55. The summed E-state index contributed by atoms with van der Waals surface area (Å²) < 4.78 is 0. The van der Waals surface area contributed by atoms with Crippen LogP contribution in [0.4, 0.5) is 0 Å². The van der Waals surface area contributed by atoms with Gasteiger partial charge in [-0.05, 0) is 48.2 Å². The van der Waals surface area contributed by atoms with Gasteiger partial charge in [0, 0.05) is 10.0 Å². The van der Waals surface area contributed by atoms with Crippen LogP contribution in [-0.4, -0.2) is 16.2 Å². The lowest BCUT2D eigenvalue weighted by molar-refractivity contribution is -0.167. The zero-order valence-corrected chi connectivity index (χ0v) is 15.1. The van der Waals surface area contributed by atoms with Crippen molar-refractivity contribution in [1.29, 1.82) is 0 Å². The monoisotopic (exact) mass is 366 g/mol. The molecule has 2 aromatic rings. The normalized spacial score (nSPS) is 12.2. The molecule has 0 unspecified atom stereocenters. The smallest absolute Gasteiger partial charge is 0.313 e. The van der Waals surface area contributed by atoms with E-state index in [9.17, 15) is 15.0 Å². The summed E-state index contributed by atoms with van der Waals surface area (Å²) in [5.41, 5.74) is -2.12. The van der Waals surface area contributed by atoms with Crippen LogP contribution >= 0.6 is 23.2 Å². The zero-order valence-electron chi connectivity index (χ0n) is 13.6. The van der Waals surface area contributed by atoms with Gasteiger partial charge < -0.3 is 10.2 Å². The predicted molar refractivity (Wildman–Crippen MR) is 96.6 cm³/mol. The van der Waals surface area contributed by atoms with Crippen LogP contribution in [-0.2, 0) is 10.4 Å². The standard InChI is InChI=1S/C19H20Cl2O3/c1-3-18(4-2,17(22)23)19(24,13-5-9-15(20)10-6-13)14-7-11-16(21)12-8-14/h5-12,24H,3-4H2,1-2H3,(H,22,23). The summed E-state index contributed by atoms with van der Waals surface area (Å²) in [5.74, 6) is -1.04. The van der Waals surface area contributed by atoms with E-state index in [1.54, 1.807) is 62.4 Å². The van der Waals surface area contributed by atoms with Crippen molar-refractivity contribution in [2.75, 3.05) is 0 Å². The van der Waals surface area contributed by atoms with E-state index >= 15 is 0 Å². The third kappa shape index (κ3) is 2.92. The first-order chi connectivity index (χ1) is 11.3. The summed E-state index contributed by atoms with van der Waals surface area (Å²) >= 11 is 11.9. The molecule has 5 heteroatoms. The third-order valence-corrected chi connectivity index (χ3v) is 5.34. The second-order valence-electron chi connectivity index (χ2n) is 5.82. The highest BCUT2D eigenvalue weighted by Gasteiger charge is 2.55. The van der Waals surface area contributed by atoms with Crippen LogP contribution in [0.1, 0.15) is 37.8 Å². The summed E-state index contributed by atoms with van der Waals surface area (Å²) in [5, 5.41) is 22.8. The molecular weight excluding hydrogens is 347 g/mol. The average molecular weight is 367 g/mol. The van der Waals surface area contributed by atoms with Crippen LogP contribution in [0.2, 0.25) is 10.0 Å². The zero-order chi connectivity index (χ0) is 18.0. The highest BCUT2D eigenvalue weighted by Crippen LogP contribution is 2.50. The van der Waals surface area contributed by atoms with Crippen LogP contribution in [0.5, 0.6) is 0 Å². The molecule has 2 rings (SSSR count). The fraction of sp³-hybridized carbons (Fsp3) is 0.316. The van der Waals surface area contributed by atoms with Gasteiger partial charge in [0.05, 0.1) is 0 Å². The molecule has 0 fully saturated rings. The van der Waals surface area contributed by atoms with Gasteiger partial charge in [0.25, 0.3) is 0 Å². The maximum atomic E-state index is 12.2. The van der Waals surface area contributed by atoms with Gasteiger partial charge in [0.15, 0.2) is 0 Å². The lowest BCUT2D eigenvalue weighted by Crippen LogP contribution is -2.51. The van der Waals surface area contributed by atoms with Gasteiger partial charge >= 0.3 is 5.97 Å². The highest BCUT2D eigenvalue weighted by molar-refractivity contribution is 6.30. The fourth-order valence-corrected chi connectivity index (χ4v) is 3.57. The molecule has 0 aliphatic carbocycles. The molecule has 0 saturated heterocycles. The quantitative estimate of drug-likeness (QED) is 0.745. The fourth-order valence-electron chi connectivity index (χ4n) is 3.32. The van der Waals surface area contributed by atoms with Crippen molar-refractivity contribution >= 4 is 29.2 Å². The van der Waals surface area contributed by atoms with Crippen molar-refractivity contribution in [2.24, 2.45) is 5.41 Å². The van der Waals surface area contributed by atoms with Crippen LogP contribution in [0.25, 0.3) is 0 Å². The van der Waals surface area contributed by atoms with Crippen molar-refractivity contribution in [3.8, 4) is 0 Å². The van der Waals surface area contributed by atoms with E-state index in [1.807, 2.05) is 0 Å². The van der Waals surface area contributed by atoms with E-state index in [1.165, 1.54) is 0 Å². The number of carboxylic acids is 1. The second-order valence-corrected chi connectivity index (χ2v) is 6.69. The minimum absolute atomic E-state index is 0.264. The van der Waals surface area contributed by atoms with Crippen molar-refractivity contribution in [2.45, 2.75) is 32.3 Å². The highest BCUT2D eigenvalue weighted by atomic mass is 35.5. The molecule has 0 heterocycles. The number of halogens is 2. The molecule has 3 nitrogen and oxygen atoms in total. The first-order valence-electron chi connectivity index (χ1n) is 7.79. The number of hydrogen-bond donors (Lipinski definition) is 2. The van der Waals surface area contributed by atoms with Gasteiger partial charge in [0.1, 0.15) is 11.0 Å². The van der Waals surface area contributed by atoms with Gasteiger partial charge in [-0.1, -0.05) is 61.3 Å². The lowest BCUT2D eigenvalue weighted by atomic mass is 9.62. The van der Waals surface area contributed by atoms with Gasteiger partial charge in [-0.2, -0.15) is 0 Å². The topological polar surface area (TPSA) is 57.5 Å². The summed E-state index contributed by atoms with van der Waals surface area (Å²) in [4.78, 5) is 12.2. The minimum Gasteiger partial charge on any atom is -0.481 e. The Bertz CT molecular complexity index is 659. The molecule has 0 saturated carbocycles. The molecular formula is C19H20Cl2O3. The first-order valence-corrected chi connectivity index (χ1v) is 8.55. The van der Waals surface area contributed by atoms with Crippen LogP contribution in [0.15, 0.2) is 48.5 Å². The van der Waals surface area contributed by atoms with Gasteiger partial charge in [-0.15, -0.1) is 0 Å². The van der Waals surface area contributed by atoms with Crippen molar-refractivity contribution in [1.82, 2.24) is 0 Å². The van der Waals surface area contributed by atoms with Crippen molar-refractivity contribution in [3.63, 3.8) is 0 Å². The molecule has 0 spiro atoms. The van der Waals surface area contributed by atoms with Crippen LogP contribution < -0.4 is 0 Å². The largest absolute Gasteiger partial charge is 0.481 e. The van der Waals surface area contributed by atoms with E-state index in [0.717, 1.165) is 0 Å². The Balaban J connectivity index is 2.80. The molecule has 0 aliphatic heterocycles. The molecule has 128 valence electrons. The molecule has 0 radical (unpaired) electrons.